The maximum atomic E-state index is 12.7. The first-order valence-corrected chi connectivity index (χ1v) is 40.0. The molecule has 4 atom stereocenters. The number of aromatic nitrogens is 17. The van der Waals surface area contributed by atoms with E-state index in [-0.39, 0.29) is 59.4 Å². The van der Waals surface area contributed by atoms with Gasteiger partial charge in [-0.15, -0.1) is 27.8 Å². The van der Waals surface area contributed by atoms with Gasteiger partial charge in [0.05, 0.1) is 28.1 Å². The molecule has 18 heterocycles. The van der Waals surface area contributed by atoms with Crippen LogP contribution >= 0.6 is 22.7 Å². The van der Waals surface area contributed by atoms with Gasteiger partial charge in [0.25, 0.3) is 23.6 Å². The maximum absolute atomic E-state index is 12.7. The summed E-state index contributed by atoms with van der Waals surface area (Å²) in [7, 11) is 0. The standard InChI is InChI=1S/C21H24N6O.C20H24N6OS.C19H18N8O.C18H21N7OS/c28-21(19-23-12-16(13-24-19)15-4-1-2-5-15)25-17-7-10-27(14-17)20-18-6-3-9-26(18)11-8-22-20;1-14-11-25-9-4-5-17(25)18(21-14)26-10-6-15(12-26)22-19(27)16-13-28-20(23-16)24-7-2-3-8-24;28-19(16-22-13-27(24-16)15-4-2-1-3-5-15)23-14-6-9-26(12-14)18-17-20-7-10-25(17)11-8-21-18;1-12-9-25-8-4-19-15(25)16(20-12)24-7-3-13(10-24)21-17(26)14-11-27-18(22-14)23-5-2-6-23/h3,6,8-9,11-13,15,17H,1-2,4-5,7,10,14H2,(H,25,28);4-5,9,11,13,15H,2-3,6-8,10,12H2,1H3,(H,22,27);1-5,7-8,10-11,13-14H,6,9,12H2,(H,23,28);4,8-9,11,13H,2-3,5-7,10H2,1H3,(H,21,26)/t17-;15-;14-;13-/m0010/s1. The number of para-hydroxylation sites is 1. The first-order valence-electron chi connectivity index (χ1n) is 38.3. The highest BCUT2D eigenvalue weighted by atomic mass is 32.1. The van der Waals surface area contributed by atoms with Crippen LogP contribution in [0.25, 0.3) is 28.0 Å². The number of imidazole rings is 2. The van der Waals surface area contributed by atoms with Gasteiger partial charge in [-0.3, -0.25) is 19.2 Å². The molecule has 7 aliphatic rings. The lowest BCUT2D eigenvalue weighted by molar-refractivity contribution is 0.0921. The number of hydrogen-bond acceptors (Lipinski definition) is 24. The van der Waals surface area contributed by atoms with E-state index in [2.05, 4.69) is 127 Å². The van der Waals surface area contributed by atoms with Crippen LogP contribution in [0, 0.1) is 13.8 Å². The van der Waals surface area contributed by atoms with Crippen molar-refractivity contribution in [1.29, 1.82) is 0 Å². The molecule has 1 aromatic carbocycles. The summed E-state index contributed by atoms with van der Waals surface area (Å²) >= 11 is 3.11. The average molecular weight is 1530 g/mol. The van der Waals surface area contributed by atoms with Crippen LogP contribution in [0.5, 0.6) is 0 Å². The lowest BCUT2D eigenvalue weighted by Gasteiger charge is -2.30. The second-order valence-electron chi connectivity index (χ2n) is 29.2. The number of hydrogen-bond donors (Lipinski definition) is 4. The minimum atomic E-state index is -0.270. The fraction of sp³-hybridized carbons (Fsp3) is 0.385. The fourth-order valence-corrected chi connectivity index (χ4v) is 17.4. The lowest BCUT2D eigenvalue weighted by Crippen LogP contribution is -2.38. The van der Waals surface area contributed by atoms with Crippen molar-refractivity contribution >= 4 is 102 Å². The molecule has 20 rings (SSSR count). The van der Waals surface area contributed by atoms with Crippen LogP contribution in [-0.2, 0) is 0 Å². The number of aryl methyl sites for hydroxylation is 2. The Morgan fingerprint density at radius 2 is 0.883 bits per heavy atom. The summed E-state index contributed by atoms with van der Waals surface area (Å²) in [6.45, 7) is 14.5. The number of rotatable bonds is 16. The summed E-state index contributed by atoms with van der Waals surface area (Å²) in [6, 6.07) is 18.1. The number of amides is 4. The van der Waals surface area contributed by atoms with Crippen LogP contribution in [0.3, 0.4) is 0 Å². The Morgan fingerprint density at radius 1 is 0.405 bits per heavy atom. The van der Waals surface area contributed by atoms with E-state index in [1.807, 2.05) is 144 Å². The third-order valence-corrected chi connectivity index (χ3v) is 23.3. The zero-order chi connectivity index (χ0) is 75.3. The molecule has 0 unspecified atom stereocenters. The second-order valence-corrected chi connectivity index (χ2v) is 30.9. The molecule has 0 bridgehead atoms. The summed E-state index contributed by atoms with van der Waals surface area (Å²) in [5.41, 5.74) is 8.87. The van der Waals surface area contributed by atoms with Gasteiger partial charge in [-0.05, 0) is 120 Å². The Labute approximate surface area is 647 Å². The Kier molecular flexibility index (Phi) is 20.9. The normalized spacial score (nSPS) is 19.0. The Morgan fingerprint density at radius 3 is 1.48 bits per heavy atom. The van der Waals surface area contributed by atoms with E-state index in [4.69, 9.17) is 4.98 Å². The highest BCUT2D eigenvalue weighted by Crippen LogP contribution is 2.34. The number of nitrogens with zero attached hydrogens (tertiary/aromatic N) is 23. The zero-order valence-corrected chi connectivity index (χ0v) is 63.5. The summed E-state index contributed by atoms with van der Waals surface area (Å²) in [6.07, 6.45) is 40.1. The topological polar surface area (TPSA) is 313 Å². The van der Waals surface area contributed by atoms with E-state index in [9.17, 15) is 19.2 Å². The van der Waals surface area contributed by atoms with E-state index >= 15 is 0 Å². The molecule has 0 radical (unpaired) electrons. The van der Waals surface area contributed by atoms with Crippen LogP contribution in [0.2, 0.25) is 0 Å². The first kappa shape index (κ1) is 71.9. The molecular formula is C78H87N27O4S2. The third-order valence-electron chi connectivity index (χ3n) is 21.5. The summed E-state index contributed by atoms with van der Waals surface area (Å²) in [5.74, 6) is 4.01. The molecule has 33 heteroatoms. The van der Waals surface area contributed by atoms with Gasteiger partial charge >= 0.3 is 0 Å². The van der Waals surface area contributed by atoms with E-state index in [0.717, 1.165) is 176 Å². The molecule has 0 spiro atoms. The van der Waals surface area contributed by atoms with Crippen molar-refractivity contribution in [3.63, 3.8) is 0 Å². The quantitative estimate of drug-likeness (QED) is 0.0704. The molecular weight excluding hydrogens is 1440 g/mol. The molecule has 4 N–H and O–H groups in total. The van der Waals surface area contributed by atoms with Crippen molar-refractivity contribution in [3.8, 4) is 5.69 Å². The second kappa shape index (κ2) is 32.3. The average Bonchev–Trinajstić information content (AvgIpc) is 1.68. The molecule has 12 aromatic heterocycles. The number of carbonyl (C=O) groups is 4. The smallest absolute Gasteiger partial charge is 0.291 e. The van der Waals surface area contributed by atoms with E-state index < -0.39 is 0 Å². The molecule has 13 aromatic rings. The maximum Gasteiger partial charge on any atom is 0.291 e. The molecule has 4 amide bonds. The number of benzene rings is 1. The van der Waals surface area contributed by atoms with Gasteiger partial charge in [0, 0.05) is 200 Å². The largest absolute Gasteiger partial charge is 0.353 e. The molecule has 1 saturated carbocycles. The van der Waals surface area contributed by atoms with Crippen LogP contribution in [0.4, 0.5) is 33.5 Å². The predicted molar refractivity (Wildman–Crippen MR) is 425 cm³/mol. The van der Waals surface area contributed by atoms with Gasteiger partial charge < -0.3 is 68.3 Å². The molecule has 111 heavy (non-hydrogen) atoms. The molecule has 31 nitrogen and oxygen atoms in total. The third kappa shape index (κ3) is 16.1. The van der Waals surface area contributed by atoms with Gasteiger partial charge in [0.2, 0.25) is 11.6 Å². The predicted octanol–water partition coefficient (Wildman–Crippen LogP) is 8.53. The van der Waals surface area contributed by atoms with Crippen LogP contribution < -0.4 is 50.7 Å². The molecule has 6 saturated heterocycles. The first-order chi connectivity index (χ1) is 54.4. The molecule has 7 fully saturated rings. The lowest BCUT2D eigenvalue weighted by atomic mass is 10.0. The number of carbonyl (C=O) groups excluding carboxylic acids is 4. The summed E-state index contributed by atoms with van der Waals surface area (Å²) < 4.78 is 9.70. The molecule has 570 valence electrons. The number of fused-ring (bicyclic) bond motifs is 4. The Bertz CT molecular complexity index is 5420. The van der Waals surface area contributed by atoms with Crippen molar-refractivity contribution in [2.75, 3.05) is 108 Å². The molecule has 1 aliphatic carbocycles. The fourth-order valence-electron chi connectivity index (χ4n) is 15.6. The Balaban J connectivity index is 0.000000108. The Hall–Kier alpha value is -12.0. The van der Waals surface area contributed by atoms with Gasteiger partial charge in [0.1, 0.15) is 17.7 Å². The van der Waals surface area contributed by atoms with Gasteiger partial charge in [-0.25, -0.2) is 59.5 Å². The monoisotopic (exact) mass is 1530 g/mol. The van der Waals surface area contributed by atoms with Gasteiger partial charge in [0.15, 0.2) is 44.8 Å². The van der Waals surface area contributed by atoms with Crippen molar-refractivity contribution in [3.05, 3.63) is 198 Å². The zero-order valence-electron chi connectivity index (χ0n) is 61.9. The van der Waals surface area contributed by atoms with Crippen molar-refractivity contribution in [1.82, 2.24) is 103 Å². The van der Waals surface area contributed by atoms with E-state index in [1.54, 1.807) is 52.3 Å². The minimum absolute atomic E-state index is 0.00759. The minimum Gasteiger partial charge on any atom is -0.353 e. The summed E-state index contributed by atoms with van der Waals surface area (Å²) in [4.78, 5) is 113. The van der Waals surface area contributed by atoms with E-state index in [0.29, 0.717) is 23.9 Å². The van der Waals surface area contributed by atoms with E-state index in [1.165, 1.54) is 44.9 Å². The number of anilines is 6. The highest BCUT2D eigenvalue weighted by molar-refractivity contribution is 7.14. The van der Waals surface area contributed by atoms with Crippen molar-refractivity contribution in [2.45, 2.75) is 115 Å². The number of thiazole rings is 2. The van der Waals surface area contributed by atoms with Gasteiger partial charge in [-0.2, -0.15) is 0 Å². The number of nitrogens with one attached hydrogen (secondary N) is 4. The van der Waals surface area contributed by atoms with Crippen LogP contribution in [0.15, 0.2) is 158 Å². The van der Waals surface area contributed by atoms with Gasteiger partial charge in [-0.1, -0.05) is 31.0 Å². The SMILES string of the molecule is Cc1cn2cccc2c(N2CC[C@H](NC(=O)c3csc(N4CCCC4)n3)C2)n1.Cc1cn2ccnc2c(N2CC[C@H](NC(=O)c3csc(N4CCC4)n3)C2)n1.O=C(N[C@@H]1CCN(c2nccn3ccnc23)C1)c1ncn(-c2ccccc2)n1.O=C(N[C@H]1CCN(c2nccn3cccc23)C1)c1ncc(C2CCCC2)cn1. The molecule has 6 aliphatic heterocycles. The highest BCUT2D eigenvalue weighted by Gasteiger charge is 2.33. The van der Waals surface area contributed by atoms with Crippen molar-refractivity contribution < 1.29 is 19.2 Å². The van der Waals surface area contributed by atoms with Crippen LogP contribution in [0.1, 0.15) is 136 Å². The summed E-state index contributed by atoms with van der Waals surface area (Å²) in [5, 5.41) is 22.3. The van der Waals surface area contributed by atoms with Crippen molar-refractivity contribution in [2.24, 2.45) is 0 Å². The van der Waals surface area contributed by atoms with Crippen LogP contribution in [-0.4, -0.2) is 209 Å².